The van der Waals surface area contributed by atoms with E-state index in [0.717, 1.165) is 19.5 Å². The van der Waals surface area contributed by atoms with E-state index in [9.17, 15) is 4.79 Å². The van der Waals surface area contributed by atoms with Crippen LogP contribution in [-0.4, -0.2) is 39.9 Å². The summed E-state index contributed by atoms with van der Waals surface area (Å²) < 4.78 is 0. The number of rotatable bonds is 1. The molecule has 5 heteroatoms. The predicted octanol–water partition coefficient (Wildman–Crippen LogP) is 0.676. The van der Waals surface area contributed by atoms with Crippen molar-refractivity contribution in [1.82, 2.24) is 14.9 Å². The van der Waals surface area contributed by atoms with Crippen LogP contribution < -0.4 is 5.73 Å². The van der Waals surface area contributed by atoms with Crippen molar-refractivity contribution in [3.05, 3.63) is 24.3 Å². The molecule has 1 aromatic rings. The molecule has 0 aromatic carbocycles. The average Bonchev–Trinajstić information content (AvgIpc) is 2.84. The summed E-state index contributed by atoms with van der Waals surface area (Å²) in [5.41, 5.74) is 6.59. The Morgan fingerprint density at radius 1 is 1.33 bits per heavy atom. The first-order chi connectivity index (χ1) is 8.75. The first kappa shape index (κ1) is 11.6. The fourth-order valence-electron chi connectivity index (χ4n) is 3.25. The van der Waals surface area contributed by atoms with Gasteiger partial charge in [-0.15, -0.1) is 0 Å². The fourth-order valence-corrected chi connectivity index (χ4v) is 3.25. The van der Waals surface area contributed by atoms with Crippen LogP contribution in [0.5, 0.6) is 0 Å². The van der Waals surface area contributed by atoms with Gasteiger partial charge in [-0.3, -0.25) is 9.78 Å². The molecule has 1 amide bonds. The van der Waals surface area contributed by atoms with Gasteiger partial charge in [-0.25, -0.2) is 4.98 Å². The van der Waals surface area contributed by atoms with Gasteiger partial charge in [-0.05, 0) is 24.7 Å². The predicted molar refractivity (Wildman–Crippen MR) is 66.7 cm³/mol. The van der Waals surface area contributed by atoms with Crippen LogP contribution in [0.25, 0.3) is 0 Å². The Kier molecular flexibility index (Phi) is 2.99. The topological polar surface area (TPSA) is 72.1 Å². The smallest absolute Gasteiger partial charge is 0.274 e. The highest BCUT2D eigenvalue weighted by molar-refractivity contribution is 5.92. The second-order valence-electron chi connectivity index (χ2n) is 5.32. The molecule has 2 fully saturated rings. The molecule has 3 unspecified atom stereocenters. The van der Waals surface area contributed by atoms with Crippen molar-refractivity contribution >= 4 is 5.91 Å². The molecule has 1 aromatic heterocycles. The van der Waals surface area contributed by atoms with Crippen LogP contribution in [-0.2, 0) is 0 Å². The molecule has 1 saturated heterocycles. The Morgan fingerprint density at radius 2 is 2.22 bits per heavy atom. The molecule has 2 aliphatic rings. The van der Waals surface area contributed by atoms with Gasteiger partial charge in [0.1, 0.15) is 5.69 Å². The number of likely N-dealkylation sites (tertiary alicyclic amines) is 1. The SMILES string of the molecule is NC1CCCC2CN(C(=O)c3cnccn3)CC12. The Morgan fingerprint density at radius 3 is 2.94 bits per heavy atom. The molecular formula is C13H18N4O. The van der Waals surface area contributed by atoms with Crippen LogP contribution in [0.2, 0.25) is 0 Å². The van der Waals surface area contributed by atoms with Gasteiger partial charge in [0, 0.05) is 31.5 Å². The van der Waals surface area contributed by atoms with Crippen molar-refractivity contribution in [3.63, 3.8) is 0 Å². The van der Waals surface area contributed by atoms with Crippen molar-refractivity contribution in [2.45, 2.75) is 25.3 Å². The van der Waals surface area contributed by atoms with E-state index < -0.39 is 0 Å². The molecule has 1 aliphatic carbocycles. The van der Waals surface area contributed by atoms with Crippen LogP contribution in [0.3, 0.4) is 0 Å². The first-order valence-electron chi connectivity index (χ1n) is 6.56. The monoisotopic (exact) mass is 246 g/mol. The molecular weight excluding hydrogens is 228 g/mol. The second kappa shape index (κ2) is 4.65. The Hall–Kier alpha value is -1.49. The van der Waals surface area contributed by atoms with Crippen LogP contribution in [0.4, 0.5) is 0 Å². The van der Waals surface area contributed by atoms with Gasteiger partial charge in [-0.1, -0.05) is 6.42 Å². The van der Waals surface area contributed by atoms with E-state index in [1.807, 2.05) is 4.90 Å². The number of nitrogens with zero attached hydrogens (tertiary/aromatic N) is 3. The molecule has 3 rings (SSSR count). The van der Waals surface area contributed by atoms with Gasteiger partial charge in [0.05, 0.1) is 6.20 Å². The summed E-state index contributed by atoms with van der Waals surface area (Å²) in [4.78, 5) is 22.2. The number of hydrogen-bond acceptors (Lipinski definition) is 4. The largest absolute Gasteiger partial charge is 0.337 e. The third kappa shape index (κ3) is 1.99. The van der Waals surface area contributed by atoms with Crippen LogP contribution in [0, 0.1) is 11.8 Å². The van der Waals surface area contributed by atoms with Gasteiger partial charge in [0.2, 0.25) is 0 Å². The Balaban J connectivity index is 1.74. The summed E-state index contributed by atoms with van der Waals surface area (Å²) >= 11 is 0. The summed E-state index contributed by atoms with van der Waals surface area (Å²) in [7, 11) is 0. The molecule has 96 valence electrons. The molecule has 0 radical (unpaired) electrons. The van der Waals surface area contributed by atoms with E-state index in [-0.39, 0.29) is 11.9 Å². The Labute approximate surface area is 106 Å². The summed E-state index contributed by atoms with van der Waals surface area (Å²) in [5.74, 6) is 1.04. The molecule has 0 bridgehead atoms. The molecule has 5 nitrogen and oxygen atoms in total. The minimum Gasteiger partial charge on any atom is -0.337 e. The van der Waals surface area contributed by atoms with Crippen LogP contribution >= 0.6 is 0 Å². The summed E-state index contributed by atoms with van der Waals surface area (Å²) in [6.07, 6.45) is 8.15. The Bertz CT molecular complexity index is 436. The van der Waals surface area contributed by atoms with Gasteiger partial charge in [-0.2, -0.15) is 0 Å². The highest BCUT2D eigenvalue weighted by Gasteiger charge is 2.40. The number of hydrogen-bond donors (Lipinski definition) is 1. The number of nitrogens with two attached hydrogens (primary N) is 1. The van der Waals surface area contributed by atoms with Crippen LogP contribution in [0.15, 0.2) is 18.6 Å². The lowest BCUT2D eigenvalue weighted by Gasteiger charge is -2.29. The van der Waals surface area contributed by atoms with E-state index in [4.69, 9.17) is 5.73 Å². The maximum Gasteiger partial charge on any atom is 0.274 e. The molecule has 18 heavy (non-hydrogen) atoms. The molecule has 2 heterocycles. The van der Waals surface area contributed by atoms with Crippen molar-refractivity contribution in [2.24, 2.45) is 17.6 Å². The molecule has 1 aliphatic heterocycles. The molecule has 2 N–H and O–H groups in total. The molecule has 1 saturated carbocycles. The summed E-state index contributed by atoms with van der Waals surface area (Å²) in [5, 5.41) is 0. The number of amides is 1. The minimum atomic E-state index is -0.00954. The van der Waals surface area contributed by atoms with Crippen molar-refractivity contribution in [2.75, 3.05) is 13.1 Å². The van der Waals surface area contributed by atoms with Crippen molar-refractivity contribution in [1.29, 1.82) is 0 Å². The van der Waals surface area contributed by atoms with Gasteiger partial charge in [0.15, 0.2) is 0 Å². The highest BCUT2D eigenvalue weighted by atomic mass is 16.2. The number of carbonyl (C=O) groups is 1. The first-order valence-corrected chi connectivity index (χ1v) is 6.56. The normalized spacial score (nSPS) is 31.2. The third-order valence-electron chi connectivity index (χ3n) is 4.22. The van der Waals surface area contributed by atoms with Gasteiger partial charge >= 0.3 is 0 Å². The quantitative estimate of drug-likeness (QED) is 0.790. The van der Waals surface area contributed by atoms with Crippen molar-refractivity contribution < 1.29 is 4.79 Å². The van der Waals surface area contributed by atoms with Gasteiger partial charge < -0.3 is 10.6 Å². The fraction of sp³-hybridized carbons (Fsp3) is 0.615. The third-order valence-corrected chi connectivity index (χ3v) is 4.22. The van der Waals surface area contributed by atoms with E-state index in [1.54, 1.807) is 12.4 Å². The lowest BCUT2D eigenvalue weighted by molar-refractivity contribution is 0.0777. The lowest BCUT2D eigenvalue weighted by atomic mass is 9.78. The van der Waals surface area contributed by atoms with E-state index >= 15 is 0 Å². The molecule has 0 spiro atoms. The second-order valence-corrected chi connectivity index (χ2v) is 5.32. The number of aromatic nitrogens is 2. The molecule has 3 atom stereocenters. The highest BCUT2D eigenvalue weighted by Crippen LogP contribution is 2.35. The van der Waals surface area contributed by atoms with Crippen LogP contribution in [0.1, 0.15) is 29.8 Å². The lowest BCUT2D eigenvalue weighted by Crippen LogP contribution is -2.38. The average molecular weight is 246 g/mol. The maximum atomic E-state index is 12.3. The van der Waals surface area contributed by atoms with E-state index in [2.05, 4.69) is 9.97 Å². The standard InChI is InChI=1S/C13H18N4O/c14-11-3-1-2-9-7-17(8-10(9)11)13(18)12-6-15-4-5-16-12/h4-6,9-11H,1-3,7-8,14H2. The number of fused-ring (bicyclic) bond motifs is 1. The van der Waals surface area contributed by atoms with E-state index in [0.29, 0.717) is 17.5 Å². The maximum absolute atomic E-state index is 12.3. The van der Waals surface area contributed by atoms with E-state index in [1.165, 1.54) is 19.0 Å². The summed E-state index contributed by atoms with van der Waals surface area (Å²) in [6, 6.07) is 0.253. The minimum absolute atomic E-state index is 0.00954. The number of carbonyl (C=O) groups excluding carboxylic acids is 1. The summed E-state index contributed by atoms with van der Waals surface area (Å²) in [6.45, 7) is 1.61. The van der Waals surface area contributed by atoms with Crippen molar-refractivity contribution in [3.8, 4) is 0 Å². The zero-order valence-corrected chi connectivity index (χ0v) is 10.3. The van der Waals surface area contributed by atoms with Gasteiger partial charge in [0.25, 0.3) is 5.91 Å². The zero-order valence-electron chi connectivity index (χ0n) is 10.3. The zero-order chi connectivity index (χ0) is 12.5.